The summed E-state index contributed by atoms with van der Waals surface area (Å²) in [6, 6.07) is 0. The zero-order valence-corrected chi connectivity index (χ0v) is 12.3. The van der Waals surface area contributed by atoms with Crippen LogP contribution >= 0.6 is 0 Å². The number of nitrogens with two attached hydrogens (primary N) is 1. The van der Waals surface area contributed by atoms with Crippen LogP contribution in [0.4, 0.5) is 0 Å². The molecule has 0 aromatic rings. The van der Waals surface area contributed by atoms with E-state index in [2.05, 4.69) is 32.7 Å². The molecule has 102 valence electrons. The van der Waals surface area contributed by atoms with Gasteiger partial charge in [-0.2, -0.15) is 0 Å². The van der Waals surface area contributed by atoms with Crippen LogP contribution < -0.4 is 5.73 Å². The highest BCUT2D eigenvalue weighted by Crippen LogP contribution is 2.46. The highest BCUT2D eigenvalue weighted by atomic mass is 16.5. The normalized spacial score (nSPS) is 30.5. The van der Waals surface area contributed by atoms with E-state index in [0.717, 1.165) is 13.1 Å². The molecule has 2 unspecified atom stereocenters. The van der Waals surface area contributed by atoms with Crippen LogP contribution in [-0.4, -0.2) is 43.8 Å². The molecule has 0 bridgehead atoms. The van der Waals surface area contributed by atoms with Crippen LogP contribution in [0.15, 0.2) is 0 Å². The van der Waals surface area contributed by atoms with Gasteiger partial charge in [0.25, 0.3) is 0 Å². The first-order chi connectivity index (χ1) is 7.89. The summed E-state index contributed by atoms with van der Waals surface area (Å²) in [5.74, 6) is 0. The second kappa shape index (κ2) is 5.68. The van der Waals surface area contributed by atoms with Gasteiger partial charge in [0.2, 0.25) is 0 Å². The third-order valence-electron chi connectivity index (χ3n) is 4.90. The van der Waals surface area contributed by atoms with E-state index in [-0.39, 0.29) is 11.6 Å². The van der Waals surface area contributed by atoms with Crippen molar-refractivity contribution in [3.63, 3.8) is 0 Å². The molecule has 0 aromatic heterocycles. The topological polar surface area (TPSA) is 38.5 Å². The second-order valence-corrected chi connectivity index (χ2v) is 6.25. The molecule has 3 heteroatoms. The number of nitrogens with zero attached hydrogens (tertiary/aromatic N) is 1. The lowest BCUT2D eigenvalue weighted by molar-refractivity contribution is -0.0504. The standard InChI is InChI=1S/C14H30N2O/c1-12(17-5)10-16(4)14(11-15)9-7-6-8-13(14,2)3/h12H,6-11,15H2,1-5H3. The van der Waals surface area contributed by atoms with Gasteiger partial charge in [0.05, 0.1) is 6.10 Å². The monoisotopic (exact) mass is 242 g/mol. The first-order valence-corrected chi connectivity index (χ1v) is 6.84. The minimum absolute atomic E-state index is 0.137. The maximum absolute atomic E-state index is 6.15. The quantitative estimate of drug-likeness (QED) is 0.803. The Bertz CT molecular complexity index is 242. The van der Waals surface area contributed by atoms with Gasteiger partial charge in [-0.1, -0.05) is 26.7 Å². The number of rotatable bonds is 5. The Morgan fingerprint density at radius 3 is 2.35 bits per heavy atom. The minimum Gasteiger partial charge on any atom is -0.380 e. The molecule has 1 rings (SSSR count). The number of methoxy groups -OCH3 is 1. The molecule has 0 amide bonds. The van der Waals surface area contributed by atoms with Gasteiger partial charge in [-0.3, -0.25) is 4.90 Å². The molecule has 1 fully saturated rings. The molecule has 0 aromatic carbocycles. The smallest absolute Gasteiger partial charge is 0.0670 e. The Morgan fingerprint density at radius 2 is 1.88 bits per heavy atom. The van der Waals surface area contributed by atoms with E-state index in [1.807, 2.05) is 0 Å². The van der Waals surface area contributed by atoms with Crippen LogP contribution in [0.25, 0.3) is 0 Å². The fourth-order valence-corrected chi connectivity index (χ4v) is 3.43. The molecule has 2 N–H and O–H groups in total. The second-order valence-electron chi connectivity index (χ2n) is 6.25. The summed E-state index contributed by atoms with van der Waals surface area (Å²) in [6.45, 7) is 8.56. The van der Waals surface area contributed by atoms with E-state index in [0.29, 0.717) is 5.41 Å². The summed E-state index contributed by atoms with van der Waals surface area (Å²) in [5.41, 5.74) is 6.58. The van der Waals surface area contributed by atoms with Crippen molar-refractivity contribution in [2.45, 2.75) is 58.1 Å². The van der Waals surface area contributed by atoms with E-state index < -0.39 is 0 Å². The van der Waals surface area contributed by atoms with Crippen molar-refractivity contribution in [2.24, 2.45) is 11.1 Å². The zero-order valence-electron chi connectivity index (χ0n) is 12.3. The molecule has 0 heterocycles. The van der Waals surface area contributed by atoms with Crippen molar-refractivity contribution in [2.75, 3.05) is 27.2 Å². The lowest BCUT2D eigenvalue weighted by atomic mass is 9.62. The van der Waals surface area contributed by atoms with Gasteiger partial charge in [0, 0.05) is 25.7 Å². The molecule has 3 nitrogen and oxygen atoms in total. The molecule has 2 atom stereocenters. The zero-order chi connectivity index (χ0) is 13.1. The number of hydrogen-bond donors (Lipinski definition) is 1. The van der Waals surface area contributed by atoms with Gasteiger partial charge >= 0.3 is 0 Å². The molecular weight excluding hydrogens is 212 g/mol. The van der Waals surface area contributed by atoms with Gasteiger partial charge in [-0.05, 0) is 32.2 Å². The summed E-state index contributed by atoms with van der Waals surface area (Å²) < 4.78 is 5.39. The third kappa shape index (κ3) is 2.83. The van der Waals surface area contributed by atoms with E-state index in [9.17, 15) is 0 Å². The molecule has 0 spiro atoms. The molecule has 1 aliphatic carbocycles. The molecule has 0 radical (unpaired) electrons. The minimum atomic E-state index is 0.137. The molecule has 1 saturated carbocycles. The molecule has 1 aliphatic rings. The van der Waals surface area contributed by atoms with Gasteiger partial charge in [0.1, 0.15) is 0 Å². The van der Waals surface area contributed by atoms with Crippen molar-refractivity contribution in [3.05, 3.63) is 0 Å². The fraction of sp³-hybridized carbons (Fsp3) is 1.00. The molecule has 0 aliphatic heterocycles. The SMILES string of the molecule is COC(C)CN(C)C1(CN)CCCCC1(C)C. The van der Waals surface area contributed by atoms with E-state index >= 15 is 0 Å². The summed E-state index contributed by atoms with van der Waals surface area (Å²) in [4.78, 5) is 2.44. The maximum atomic E-state index is 6.15. The summed E-state index contributed by atoms with van der Waals surface area (Å²) in [5, 5.41) is 0. The van der Waals surface area contributed by atoms with Crippen molar-refractivity contribution in [1.29, 1.82) is 0 Å². The van der Waals surface area contributed by atoms with E-state index in [1.165, 1.54) is 25.7 Å². The summed E-state index contributed by atoms with van der Waals surface area (Å²) >= 11 is 0. The van der Waals surface area contributed by atoms with Crippen LogP contribution in [0.2, 0.25) is 0 Å². The largest absolute Gasteiger partial charge is 0.380 e. The first kappa shape index (κ1) is 14.9. The maximum Gasteiger partial charge on any atom is 0.0670 e. The Morgan fingerprint density at radius 1 is 1.29 bits per heavy atom. The van der Waals surface area contributed by atoms with Gasteiger partial charge < -0.3 is 10.5 Å². The third-order valence-corrected chi connectivity index (χ3v) is 4.90. The fourth-order valence-electron chi connectivity index (χ4n) is 3.43. The van der Waals surface area contributed by atoms with Crippen LogP contribution in [0.1, 0.15) is 46.5 Å². The van der Waals surface area contributed by atoms with Gasteiger partial charge in [0.15, 0.2) is 0 Å². The van der Waals surface area contributed by atoms with Gasteiger partial charge in [-0.15, -0.1) is 0 Å². The average Bonchev–Trinajstić information content (AvgIpc) is 2.28. The lowest BCUT2D eigenvalue weighted by Crippen LogP contribution is -2.63. The average molecular weight is 242 g/mol. The Balaban J connectivity index is 2.85. The Hall–Kier alpha value is -0.120. The number of ether oxygens (including phenoxy) is 1. The first-order valence-electron chi connectivity index (χ1n) is 6.84. The van der Waals surface area contributed by atoms with E-state index in [4.69, 9.17) is 10.5 Å². The highest BCUT2D eigenvalue weighted by molar-refractivity contribution is 5.04. The van der Waals surface area contributed by atoms with Crippen LogP contribution in [-0.2, 0) is 4.74 Å². The Kier molecular flexibility index (Phi) is 4.99. The van der Waals surface area contributed by atoms with Crippen molar-refractivity contribution in [3.8, 4) is 0 Å². The van der Waals surface area contributed by atoms with Crippen molar-refractivity contribution < 1.29 is 4.74 Å². The van der Waals surface area contributed by atoms with Crippen LogP contribution in [0.5, 0.6) is 0 Å². The Labute approximate surface area is 107 Å². The lowest BCUT2D eigenvalue weighted by Gasteiger charge is -2.55. The number of likely N-dealkylation sites (N-methyl/N-ethyl adjacent to an activating group) is 1. The summed E-state index contributed by atoms with van der Waals surface area (Å²) in [6.07, 6.45) is 5.38. The predicted molar refractivity (Wildman–Crippen MR) is 73.1 cm³/mol. The van der Waals surface area contributed by atoms with Crippen molar-refractivity contribution in [1.82, 2.24) is 4.90 Å². The number of hydrogen-bond acceptors (Lipinski definition) is 3. The highest BCUT2D eigenvalue weighted by Gasteiger charge is 2.48. The molecule has 17 heavy (non-hydrogen) atoms. The molecular formula is C14H30N2O. The molecule has 0 saturated heterocycles. The van der Waals surface area contributed by atoms with Crippen LogP contribution in [0, 0.1) is 5.41 Å². The van der Waals surface area contributed by atoms with Crippen molar-refractivity contribution >= 4 is 0 Å². The van der Waals surface area contributed by atoms with Crippen LogP contribution in [0.3, 0.4) is 0 Å². The predicted octanol–water partition coefficient (Wildman–Crippen LogP) is 2.25. The summed E-state index contributed by atoms with van der Waals surface area (Å²) in [7, 11) is 3.98. The van der Waals surface area contributed by atoms with E-state index in [1.54, 1.807) is 7.11 Å². The van der Waals surface area contributed by atoms with Gasteiger partial charge in [-0.25, -0.2) is 0 Å².